The number of carbonyl (C=O) groups excluding carboxylic acids is 1. The predicted octanol–water partition coefficient (Wildman–Crippen LogP) is 2.57. The van der Waals surface area contributed by atoms with Gasteiger partial charge in [-0.15, -0.1) is 0 Å². The maximum Gasteiger partial charge on any atom is 0.414 e. The van der Waals surface area contributed by atoms with Crippen LogP contribution in [0.4, 0.5) is 9.18 Å². The highest BCUT2D eigenvalue weighted by Crippen LogP contribution is 2.47. The fourth-order valence-corrected chi connectivity index (χ4v) is 5.50. The fourth-order valence-electron chi connectivity index (χ4n) is 3.37. The number of guanidine groups is 1. The molecule has 0 saturated carbocycles. The molecule has 2 aliphatic heterocycles. The monoisotopic (exact) mass is 479 g/mol. The summed E-state index contributed by atoms with van der Waals surface area (Å²) < 4.78 is 52.4. The molecule has 1 aliphatic carbocycles. The van der Waals surface area contributed by atoms with Crippen LogP contribution in [0.5, 0.6) is 0 Å². The topological polar surface area (TPSA) is 97.3 Å². The van der Waals surface area contributed by atoms with Gasteiger partial charge in [0.05, 0.1) is 6.61 Å². The summed E-state index contributed by atoms with van der Waals surface area (Å²) in [5, 5.41) is 2.38. The number of alkyl halides is 1. The Kier molecular flexibility index (Phi) is 5.39. The van der Waals surface area contributed by atoms with Crippen LogP contribution >= 0.6 is 15.9 Å². The van der Waals surface area contributed by atoms with E-state index in [1.54, 1.807) is 26.8 Å². The molecule has 0 aromatic carbocycles. The lowest BCUT2D eigenvalue weighted by atomic mass is 9.85. The summed E-state index contributed by atoms with van der Waals surface area (Å²) in [5.74, 6) is -0.771. The Balaban J connectivity index is 2.08. The molecule has 0 bridgehead atoms. The Hall–Kier alpha value is -1.46. The Morgan fingerprint density at radius 1 is 1.50 bits per heavy atom. The Labute approximate surface area is 172 Å². The van der Waals surface area contributed by atoms with Crippen LogP contribution < -0.4 is 5.32 Å². The number of ether oxygens (including phenoxy) is 2. The summed E-state index contributed by atoms with van der Waals surface area (Å²) >= 11 is 3.42. The number of allylic oxidation sites excluding steroid dienone is 2. The van der Waals surface area contributed by atoms with Crippen molar-refractivity contribution in [1.82, 2.24) is 9.62 Å². The van der Waals surface area contributed by atoms with Crippen LogP contribution in [0.2, 0.25) is 0 Å². The van der Waals surface area contributed by atoms with Gasteiger partial charge in [-0.05, 0) is 33.3 Å². The maximum atomic E-state index is 14.7. The first kappa shape index (κ1) is 21.3. The van der Waals surface area contributed by atoms with Crippen molar-refractivity contribution in [1.29, 1.82) is 0 Å². The number of hydrogen-bond donors (Lipinski definition) is 1. The van der Waals surface area contributed by atoms with Crippen LogP contribution in [-0.2, 0) is 19.5 Å². The number of nitrogens with one attached hydrogen (secondary N) is 1. The van der Waals surface area contributed by atoms with Crippen molar-refractivity contribution in [2.75, 3.05) is 13.7 Å². The maximum absolute atomic E-state index is 14.7. The number of sulfonamides is 1. The molecule has 1 fully saturated rings. The minimum atomic E-state index is -4.07. The van der Waals surface area contributed by atoms with Crippen molar-refractivity contribution in [2.24, 2.45) is 4.99 Å². The van der Waals surface area contributed by atoms with E-state index in [0.29, 0.717) is 6.42 Å². The average molecular weight is 480 g/mol. The van der Waals surface area contributed by atoms with E-state index in [0.717, 1.165) is 4.31 Å². The third-order valence-corrected chi connectivity index (χ3v) is 7.25. The summed E-state index contributed by atoms with van der Waals surface area (Å²) in [6, 6.07) is 0. The molecule has 28 heavy (non-hydrogen) atoms. The van der Waals surface area contributed by atoms with Crippen LogP contribution in [0.1, 0.15) is 33.6 Å². The van der Waals surface area contributed by atoms with Gasteiger partial charge in [0.2, 0.25) is 11.4 Å². The molecule has 1 N–H and O–H groups in total. The molecule has 0 spiro atoms. The van der Waals surface area contributed by atoms with Crippen molar-refractivity contribution in [3.63, 3.8) is 0 Å². The zero-order chi connectivity index (χ0) is 20.9. The van der Waals surface area contributed by atoms with Crippen LogP contribution in [0.15, 0.2) is 28.5 Å². The number of fused-ring (bicyclic) bond motifs is 1. The zero-order valence-electron chi connectivity index (χ0n) is 16.0. The number of alkyl carbamates (subject to hydrolysis) is 1. The lowest BCUT2D eigenvalue weighted by molar-refractivity contribution is 0.0557. The molecular weight excluding hydrogens is 457 g/mol. The van der Waals surface area contributed by atoms with Crippen molar-refractivity contribution in [3.8, 4) is 0 Å². The van der Waals surface area contributed by atoms with Crippen LogP contribution in [0.3, 0.4) is 0 Å². The molecule has 0 aromatic heterocycles. The van der Waals surface area contributed by atoms with Crippen LogP contribution in [0, 0.1) is 0 Å². The fraction of sp³-hybridized carbons (Fsp3) is 0.647. The van der Waals surface area contributed by atoms with Gasteiger partial charge >= 0.3 is 6.09 Å². The number of hydrogen-bond acceptors (Lipinski definition) is 6. The molecule has 1 amide bonds. The largest absolute Gasteiger partial charge is 0.444 e. The molecule has 3 atom stereocenters. The van der Waals surface area contributed by atoms with Crippen molar-refractivity contribution in [3.05, 3.63) is 23.6 Å². The Morgan fingerprint density at radius 3 is 2.82 bits per heavy atom. The summed E-state index contributed by atoms with van der Waals surface area (Å²) in [4.78, 5) is 16.5. The molecule has 11 heteroatoms. The number of aliphatic imine (C=N–C) groups is 1. The first-order chi connectivity index (χ1) is 12.9. The molecular formula is C17H23BrFN3O5S. The summed E-state index contributed by atoms with van der Waals surface area (Å²) in [6.07, 6.45) is 2.76. The lowest BCUT2D eigenvalue weighted by Crippen LogP contribution is -2.59. The van der Waals surface area contributed by atoms with E-state index in [-0.39, 0.29) is 29.4 Å². The van der Waals surface area contributed by atoms with E-state index >= 15 is 0 Å². The summed E-state index contributed by atoms with van der Waals surface area (Å²) in [6.45, 7) is 5.14. The van der Waals surface area contributed by atoms with Crippen molar-refractivity contribution < 1.29 is 27.1 Å². The standard InChI is InChI=1S/C17H23BrFN3O5S/c1-16(2,3)27-15(23)20-14-21-17(11-9-10(18)5-6-12(11)19)7-8-26-13(17)28(24,25)22(14)4/h6,9-10,13H,5,7-8H2,1-4H3,(H,20,21,23)/t10?,13?,17-/m1/s1. The van der Waals surface area contributed by atoms with E-state index in [1.165, 1.54) is 13.1 Å². The quantitative estimate of drug-likeness (QED) is 0.582. The number of nitrogens with zero attached hydrogens (tertiary/aromatic N) is 2. The molecule has 3 rings (SSSR count). The van der Waals surface area contributed by atoms with Gasteiger partial charge in [-0.2, -0.15) is 0 Å². The highest BCUT2D eigenvalue weighted by molar-refractivity contribution is 9.09. The SMILES string of the molecule is CN1C(NC(=O)OC(C)(C)C)=N[C@@]2(C3=CC(Br)CC=C3F)CCOC2S1(=O)=O. The van der Waals surface area contributed by atoms with Gasteiger partial charge < -0.3 is 9.47 Å². The van der Waals surface area contributed by atoms with E-state index in [4.69, 9.17) is 9.47 Å². The highest BCUT2D eigenvalue weighted by Gasteiger charge is 2.60. The minimum absolute atomic E-state index is 0.0958. The molecule has 2 unspecified atom stereocenters. The van der Waals surface area contributed by atoms with Gasteiger partial charge in [0.25, 0.3) is 10.0 Å². The molecule has 156 valence electrons. The van der Waals surface area contributed by atoms with Gasteiger partial charge in [-0.3, -0.25) is 5.32 Å². The molecule has 0 radical (unpaired) electrons. The molecule has 1 saturated heterocycles. The van der Waals surface area contributed by atoms with Crippen LogP contribution in [-0.4, -0.2) is 59.8 Å². The number of amides is 1. The molecule has 2 heterocycles. The van der Waals surface area contributed by atoms with E-state index in [9.17, 15) is 17.6 Å². The molecule has 3 aliphatic rings. The first-order valence-corrected chi connectivity index (χ1v) is 11.2. The molecule has 0 aromatic rings. The second-order valence-electron chi connectivity index (χ2n) is 7.84. The van der Waals surface area contributed by atoms with Crippen molar-refractivity contribution in [2.45, 2.75) is 55.0 Å². The van der Waals surface area contributed by atoms with E-state index in [1.807, 2.05) is 0 Å². The smallest absolute Gasteiger partial charge is 0.414 e. The van der Waals surface area contributed by atoms with Crippen LogP contribution in [0.25, 0.3) is 0 Å². The van der Waals surface area contributed by atoms with Gasteiger partial charge in [0, 0.05) is 23.9 Å². The van der Waals surface area contributed by atoms with Crippen molar-refractivity contribution >= 4 is 38.0 Å². The van der Waals surface area contributed by atoms with Gasteiger partial charge in [-0.1, -0.05) is 22.0 Å². The first-order valence-electron chi connectivity index (χ1n) is 8.78. The Morgan fingerprint density at radius 2 is 2.18 bits per heavy atom. The zero-order valence-corrected chi connectivity index (χ0v) is 18.4. The second kappa shape index (κ2) is 7.10. The average Bonchev–Trinajstić information content (AvgIpc) is 2.99. The summed E-state index contributed by atoms with van der Waals surface area (Å²) in [7, 11) is -2.81. The third-order valence-electron chi connectivity index (χ3n) is 4.60. The number of carbonyl (C=O) groups is 1. The molecule has 8 nitrogen and oxygen atoms in total. The Bertz CT molecular complexity index is 880. The minimum Gasteiger partial charge on any atom is -0.444 e. The lowest BCUT2D eigenvalue weighted by Gasteiger charge is -2.40. The normalized spacial score (nSPS) is 32.1. The van der Waals surface area contributed by atoms with Gasteiger partial charge in [-0.25, -0.2) is 26.9 Å². The number of rotatable bonds is 1. The second-order valence-corrected chi connectivity index (χ2v) is 11.0. The highest BCUT2D eigenvalue weighted by atomic mass is 79.9. The van der Waals surface area contributed by atoms with E-state index in [2.05, 4.69) is 26.2 Å². The van der Waals surface area contributed by atoms with E-state index < -0.39 is 38.5 Å². The summed E-state index contributed by atoms with van der Waals surface area (Å²) in [5.41, 5.74) is -3.50. The third kappa shape index (κ3) is 3.71. The van der Waals surface area contributed by atoms with Gasteiger partial charge in [0.15, 0.2) is 0 Å². The number of halogens is 2. The van der Waals surface area contributed by atoms with Gasteiger partial charge in [0.1, 0.15) is 17.0 Å². The predicted molar refractivity (Wildman–Crippen MR) is 105 cm³/mol.